The number of aromatic nitrogens is 2. The molecule has 0 saturated heterocycles. The van der Waals surface area contributed by atoms with Crippen LogP contribution in [-0.4, -0.2) is 44.8 Å². The molecule has 0 amide bonds. The molecule has 174 valence electrons. The van der Waals surface area contributed by atoms with E-state index in [-0.39, 0.29) is 6.42 Å². The summed E-state index contributed by atoms with van der Waals surface area (Å²) in [6.07, 6.45) is -4.16. The highest BCUT2D eigenvalue weighted by molar-refractivity contribution is 7.19. The lowest BCUT2D eigenvalue weighted by Crippen LogP contribution is -2.21. The van der Waals surface area contributed by atoms with E-state index in [9.17, 15) is 18.0 Å². The molecule has 7 nitrogen and oxygen atoms in total. The van der Waals surface area contributed by atoms with Gasteiger partial charge in [0, 0.05) is 23.5 Å². The van der Waals surface area contributed by atoms with Crippen molar-refractivity contribution in [1.29, 1.82) is 0 Å². The fourth-order valence-corrected chi connectivity index (χ4v) is 4.17. The normalized spacial score (nSPS) is 12.7. The molecule has 2 aromatic heterocycles. The summed E-state index contributed by atoms with van der Waals surface area (Å²) in [5.41, 5.74) is 3.94. The Morgan fingerprint density at radius 2 is 1.76 bits per heavy atom. The largest absolute Gasteiger partial charge is 0.490 e. The second-order valence-corrected chi connectivity index (χ2v) is 8.70. The molecule has 2 N–H and O–H groups in total. The van der Waals surface area contributed by atoms with Gasteiger partial charge < -0.3 is 15.1 Å². The van der Waals surface area contributed by atoms with E-state index in [2.05, 4.69) is 9.88 Å². The summed E-state index contributed by atoms with van der Waals surface area (Å²) in [5.74, 6) is -1.98. The van der Waals surface area contributed by atoms with Crippen LogP contribution in [0.1, 0.15) is 16.8 Å². The van der Waals surface area contributed by atoms with Crippen molar-refractivity contribution in [2.24, 2.45) is 0 Å². The Balaban J connectivity index is 0.000000383. The van der Waals surface area contributed by atoms with Crippen LogP contribution >= 0.6 is 22.9 Å². The van der Waals surface area contributed by atoms with E-state index in [1.165, 1.54) is 11.3 Å². The lowest BCUT2D eigenvalue weighted by atomic mass is 10.1. The Morgan fingerprint density at radius 1 is 1.12 bits per heavy atom. The summed E-state index contributed by atoms with van der Waals surface area (Å²) < 4.78 is 32.5. The quantitative estimate of drug-likeness (QED) is 0.513. The smallest absolute Gasteiger partial charge is 0.481 e. The monoisotopic (exact) mass is 499 g/mol. The molecule has 33 heavy (non-hydrogen) atoms. The van der Waals surface area contributed by atoms with Crippen molar-refractivity contribution in [2.75, 3.05) is 11.4 Å². The average Bonchev–Trinajstić information content (AvgIpc) is 3.34. The standard InChI is InChI=1S/C19H16ClN3O2S.C2HF3O2/c1-11-14-8-9-23(13-4-2-12(3-5-13)10-17(24)25)19(14)22-18(21-11)15-6-7-16(20)26-15;3-2(4,5)1(6)7/h2-7H,8-10H2,1H3,(H,24,25);(H,6,7). The third kappa shape index (κ3) is 5.99. The Labute approximate surface area is 195 Å². The first kappa shape index (κ1) is 24.5. The third-order valence-corrected chi connectivity index (χ3v) is 5.90. The Morgan fingerprint density at radius 3 is 2.27 bits per heavy atom. The number of halogens is 4. The minimum atomic E-state index is -5.08. The van der Waals surface area contributed by atoms with Gasteiger partial charge in [-0.15, -0.1) is 11.3 Å². The lowest BCUT2D eigenvalue weighted by Gasteiger charge is -2.19. The molecular formula is C21H17ClF3N3O4S. The number of alkyl halides is 3. The Bertz CT molecular complexity index is 1180. The topological polar surface area (TPSA) is 104 Å². The van der Waals surface area contributed by atoms with Gasteiger partial charge in [-0.3, -0.25) is 4.79 Å². The molecule has 1 aliphatic rings. The fraction of sp³-hybridized carbons (Fsp3) is 0.238. The van der Waals surface area contributed by atoms with Crippen LogP contribution in [0.5, 0.6) is 0 Å². The molecule has 0 unspecified atom stereocenters. The third-order valence-electron chi connectivity index (χ3n) is 4.67. The Kier molecular flexibility index (Phi) is 7.23. The Hall–Kier alpha value is -3.18. The summed E-state index contributed by atoms with van der Waals surface area (Å²) in [7, 11) is 0. The van der Waals surface area contributed by atoms with Crippen molar-refractivity contribution in [2.45, 2.75) is 25.9 Å². The fourth-order valence-electron chi connectivity index (χ4n) is 3.19. The predicted octanol–water partition coefficient (Wildman–Crippen LogP) is 5.12. The second kappa shape index (κ2) is 9.75. The zero-order valence-corrected chi connectivity index (χ0v) is 18.6. The first-order chi connectivity index (χ1) is 15.5. The number of fused-ring (bicyclic) bond motifs is 1. The van der Waals surface area contributed by atoms with Gasteiger partial charge in [-0.05, 0) is 43.2 Å². The van der Waals surface area contributed by atoms with Crippen LogP contribution in [0.2, 0.25) is 4.34 Å². The summed E-state index contributed by atoms with van der Waals surface area (Å²) in [4.78, 5) is 32.3. The van der Waals surface area contributed by atoms with E-state index >= 15 is 0 Å². The van der Waals surface area contributed by atoms with Gasteiger partial charge >= 0.3 is 18.1 Å². The molecule has 0 fully saturated rings. The molecule has 3 aromatic rings. The second-order valence-electron chi connectivity index (χ2n) is 6.98. The number of anilines is 2. The molecule has 0 saturated carbocycles. The molecular weight excluding hydrogens is 483 g/mol. The van der Waals surface area contributed by atoms with E-state index in [1.54, 1.807) is 0 Å². The van der Waals surface area contributed by atoms with Gasteiger partial charge in [0.15, 0.2) is 5.82 Å². The molecule has 0 bridgehead atoms. The zero-order chi connectivity index (χ0) is 24.3. The first-order valence-electron chi connectivity index (χ1n) is 9.47. The number of carboxylic acids is 2. The van der Waals surface area contributed by atoms with Gasteiger partial charge in [0.25, 0.3) is 0 Å². The molecule has 1 aromatic carbocycles. The number of hydrogen-bond acceptors (Lipinski definition) is 6. The first-order valence-corrected chi connectivity index (χ1v) is 10.7. The number of carbonyl (C=O) groups is 2. The highest BCUT2D eigenvalue weighted by atomic mass is 35.5. The SMILES string of the molecule is Cc1nc(-c2ccc(Cl)s2)nc2c1CCN2c1ccc(CC(=O)O)cc1.O=C(O)C(F)(F)F. The molecule has 3 heterocycles. The molecule has 0 radical (unpaired) electrons. The van der Waals surface area contributed by atoms with Crippen molar-refractivity contribution in [3.8, 4) is 10.7 Å². The van der Waals surface area contributed by atoms with Crippen LogP contribution in [-0.2, 0) is 22.4 Å². The van der Waals surface area contributed by atoms with Gasteiger partial charge in [0.2, 0.25) is 0 Å². The number of benzene rings is 1. The van der Waals surface area contributed by atoms with Gasteiger partial charge in [0.1, 0.15) is 5.82 Å². The molecule has 12 heteroatoms. The van der Waals surface area contributed by atoms with Crippen LogP contribution in [0, 0.1) is 6.92 Å². The summed E-state index contributed by atoms with van der Waals surface area (Å²) >= 11 is 7.52. The molecule has 0 aliphatic carbocycles. The van der Waals surface area contributed by atoms with E-state index in [1.807, 2.05) is 43.3 Å². The van der Waals surface area contributed by atoms with Gasteiger partial charge in [-0.1, -0.05) is 23.7 Å². The summed E-state index contributed by atoms with van der Waals surface area (Å²) in [6.45, 7) is 2.84. The van der Waals surface area contributed by atoms with Crippen LogP contribution < -0.4 is 4.90 Å². The number of nitrogens with zero attached hydrogens (tertiary/aromatic N) is 3. The predicted molar refractivity (Wildman–Crippen MR) is 117 cm³/mol. The van der Waals surface area contributed by atoms with E-state index in [0.29, 0.717) is 10.2 Å². The lowest BCUT2D eigenvalue weighted by molar-refractivity contribution is -0.192. The van der Waals surface area contributed by atoms with Crippen LogP contribution in [0.25, 0.3) is 10.7 Å². The highest BCUT2D eigenvalue weighted by Crippen LogP contribution is 2.37. The van der Waals surface area contributed by atoms with Crippen molar-refractivity contribution >= 4 is 46.4 Å². The maximum atomic E-state index is 10.8. The maximum Gasteiger partial charge on any atom is 0.490 e. The number of thiophene rings is 1. The number of carboxylic acid groups (broad SMARTS) is 2. The highest BCUT2D eigenvalue weighted by Gasteiger charge is 2.38. The van der Waals surface area contributed by atoms with Crippen molar-refractivity contribution in [3.63, 3.8) is 0 Å². The maximum absolute atomic E-state index is 10.8. The van der Waals surface area contributed by atoms with Crippen LogP contribution in [0.4, 0.5) is 24.7 Å². The van der Waals surface area contributed by atoms with E-state index in [4.69, 9.17) is 31.6 Å². The number of aliphatic carboxylic acids is 2. The van der Waals surface area contributed by atoms with Crippen LogP contribution in [0.15, 0.2) is 36.4 Å². The molecule has 0 spiro atoms. The van der Waals surface area contributed by atoms with Crippen molar-refractivity contribution < 1.29 is 33.0 Å². The summed E-state index contributed by atoms with van der Waals surface area (Å²) in [5, 5.41) is 16.0. The minimum Gasteiger partial charge on any atom is -0.481 e. The number of hydrogen-bond donors (Lipinski definition) is 2. The van der Waals surface area contributed by atoms with E-state index in [0.717, 1.165) is 46.2 Å². The van der Waals surface area contributed by atoms with E-state index < -0.39 is 18.1 Å². The van der Waals surface area contributed by atoms with Gasteiger partial charge in [-0.2, -0.15) is 13.2 Å². The zero-order valence-electron chi connectivity index (χ0n) is 17.1. The molecule has 1 aliphatic heterocycles. The number of aryl methyl sites for hydroxylation is 1. The average molecular weight is 500 g/mol. The molecule has 0 atom stereocenters. The van der Waals surface area contributed by atoms with Gasteiger partial charge in [-0.25, -0.2) is 14.8 Å². The van der Waals surface area contributed by atoms with Crippen LogP contribution in [0.3, 0.4) is 0 Å². The summed E-state index contributed by atoms with van der Waals surface area (Å²) in [6, 6.07) is 11.4. The van der Waals surface area contributed by atoms with Gasteiger partial charge in [0.05, 0.1) is 15.6 Å². The number of rotatable bonds is 4. The van der Waals surface area contributed by atoms with Crippen molar-refractivity contribution in [3.05, 3.63) is 57.6 Å². The minimum absolute atomic E-state index is 0.0292. The van der Waals surface area contributed by atoms with Crippen molar-refractivity contribution in [1.82, 2.24) is 9.97 Å². The molecule has 4 rings (SSSR count).